The summed E-state index contributed by atoms with van der Waals surface area (Å²) >= 11 is 0. The Bertz CT molecular complexity index is 612. The van der Waals surface area contributed by atoms with Gasteiger partial charge in [-0.25, -0.2) is 4.79 Å². The van der Waals surface area contributed by atoms with Gasteiger partial charge in [0.1, 0.15) is 5.69 Å². The highest BCUT2D eigenvalue weighted by molar-refractivity contribution is 5.68. The summed E-state index contributed by atoms with van der Waals surface area (Å²) in [5, 5.41) is 4.42. The number of hydrogen-bond acceptors (Lipinski definition) is 4. The zero-order valence-electron chi connectivity index (χ0n) is 11.7. The Morgan fingerprint density at radius 2 is 2.05 bits per heavy atom. The van der Waals surface area contributed by atoms with Crippen molar-refractivity contribution in [1.82, 2.24) is 5.10 Å². The number of rotatable bonds is 4. The lowest BCUT2D eigenvalue weighted by Gasteiger charge is -2.07. The Labute approximate surface area is 118 Å². The van der Waals surface area contributed by atoms with Gasteiger partial charge in [0.25, 0.3) is 5.82 Å². The van der Waals surface area contributed by atoms with Crippen molar-refractivity contribution >= 4 is 11.8 Å². The van der Waals surface area contributed by atoms with Gasteiger partial charge in [-0.15, -0.1) is 4.68 Å². The summed E-state index contributed by atoms with van der Waals surface area (Å²) in [6, 6.07) is 11.7. The highest BCUT2D eigenvalue weighted by Crippen LogP contribution is 2.17. The van der Waals surface area contributed by atoms with Gasteiger partial charge >= 0.3 is 5.97 Å². The third-order valence-corrected chi connectivity index (χ3v) is 2.92. The molecule has 0 radical (unpaired) electrons. The van der Waals surface area contributed by atoms with Gasteiger partial charge in [0.2, 0.25) is 6.54 Å². The average molecular weight is 272 g/mol. The molecule has 0 atom stereocenters. The Morgan fingerprint density at radius 1 is 1.35 bits per heavy atom. The van der Waals surface area contributed by atoms with Crippen LogP contribution in [0.2, 0.25) is 0 Å². The van der Waals surface area contributed by atoms with Crippen molar-refractivity contribution in [3.8, 4) is 11.3 Å². The predicted molar refractivity (Wildman–Crippen MR) is 75.7 cm³/mol. The highest BCUT2D eigenvalue weighted by Gasteiger charge is 2.17. The maximum Gasteiger partial charge on any atom is 0.350 e. The van der Waals surface area contributed by atoms with Crippen molar-refractivity contribution in [2.45, 2.75) is 20.4 Å². The number of nitrogens with zero attached hydrogens (tertiary/aromatic N) is 2. The predicted octanol–water partition coefficient (Wildman–Crippen LogP) is 1.49. The highest BCUT2D eigenvalue weighted by atomic mass is 16.5. The number of benzene rings is 1. The minimum Gasteiger partial charge on any atom is -0.463 e. The van der Waals surface area contributed by atoms with Gasteiger partial charge < -0.3 is 4.74 Å². The standard InChI is InChI=1S/C15H17N3O2/c1-3-20-14(19)10-18-15(16)11(2)9-13(17-18)12-7-5-4-6-8-12/h4-9,16H,3,10H2,1-2H3/p+1. The van der Waals surface area contributed by atoms with E-state index < -0.39 is 0 Å². The van der Waals surface area contributed by atoms with E-state index in [1.54, 1.807) is 6.92 Å². The van der Waals surface area contributed by atoms with E-state index in [-0.39, 0.29) is 12.5 Å². The summed E-state index contributed by atoms with van der Waals surface area (Å²) in [6.07, 6.45) is 0. The van der Waals surface area contributed by atoms with E-state index in [4.69, 9.17) is 10.5 Å². The molecule has 0 aliphatic carbocycles. The van der Waals surface area contributed by atoms with Crippen LogP contribution in [0.15, 0.2) is 36.4 Å². The van der Waals surface area contributed by atoms with Gasteiger partial charge in [0, 0.05) is 11.1 Å². The fraction of sp³-hybridized carbons (Fsp3) is 0.267. The maximum atomic E-state index is 11.6. The quantitative estimate of drug-likeness (QED) is 0.676. The van der Waals surface area contributed by atoms with Crippen molar-refractivity contribution in [3.05, 3.63) is 42.0 Å². The molecule has 1 aromatic heterocycles. The molecule has 0 aliphatic heterocycles. The molecule has 5 heteroatoms. The summed E-state index contributed by atoms with van der Waals surface area (Å²) in [4.78, 5) is 11.6. The molecule has 2 N–H and O–H groups in total. The van der Waals surface area contributed by atoms with Gasteiger partial charge in [-0.2, -0.15) is 0 Å². The van der Waals surface area contributed by atoms with Crippen LogP contribution in [-0.2, 0) is 16.1 Å². The van der Waals surface area contributed by atoms with E-state index in [1.807, 2.05) is 43.3 Å². The molecule has 1 aromatic carbocycles. The van der Waals surface area contributed by atoms with Crippen LogP contribution in [0, 0.1) is 6.92 Å². The molecular formula is C15H18N3O2+. The second kappa shape index (κ2) is 6.14. The fourth-order valence-electron chi connectivity index (χ4n) is 1.89. The topological polar surface area (TPSA) is 69.1 Å². The van der Waals surface area contributed by atoms with Crippen LogP contribution < -0.4 is 10.4 Å². The number of ether oxygens (including phenoxy) is 1. The first-order valence-corrected chi connectivity index (χ1v) is 6.50. The smallest absolute Gasteiger partial charge is 0.350 e. The molecule has 20 heavy (non-hydrogen) atoms. The van der Waals surface area contributed by atoms with E-state index in [2.05, 4.69) is 5.10 Å². The number of anilines is 1. The number of esters is 1. The zero-order valence-corrected chi connectivity index (χ0v) is 11.7. The molecule has 0 saturated heterocycles. The van der Waals surface area contributed by atoms with Crippen molar-refractivity contribution in [2.75, 3.05) is 12.3 Å². The van der Waals surface area contributed by atoms with E-state index in [9.17, 15) is 4.79 Å². The summed E-state index contributed by atoms with van der Waals surface area (Å²) in [6.45, 7) is 4.02. The first-order chi connectivity index (χ1) is 9.61. The largest absolute Gasteiger partial charge is 0.463 e. The van der Waals surface area contributed by atoms with Gasteiger partial charge in [0.15, 0.2) is 0 Å². The average Bonchev–Trinajstić information content (AvgIpc) is 2.45. The van der Waals surface area contributed by atoms with Crippen molar-refractivity contribution in [2.24, 2.45) is 0 Å². The Hall–Kier alpha value is -2.43. The van der Waals surface area contributed by atoms with E-state index in [1.165, 1.54) is 4.68 Å². The van der Waals surface area contributed by atoms with Crippen molar-refractivity contribution < 1.29 is 14.2 Å². The third kappa shape index (κ3) is 3.12. The molecule has 0 spiro atoms. The van der Waals surface area contributed by atoms with Crippen LogP contribution >= 0.6 is 0 Å². The zero-order chi connectivity index (χ0) is 14.5. The van der Waals surface area contributed by atoms with Crippen LogP contribution in [0.5, 0.6) is 0 Å². The van der Waals surface area contributed by atoms with Crippen LogP contribution in [0.3, 0.4) is 0 Å². The third-order valence-electron chi connectivity index (χ3n) is 2.92. The van der Waals surface area contributed by atoms with E-state index >= 15 is 0 Å². The summed E-state index contributed by atoms with van der Waals surface area (Å²) in [5.74, 6) is 0.124. The molecule has 104 valence electrons. The van der Waals surface area contributed by atoms with Crippen LogP contribution in [0.1, 0.15) is 12.5 Å². The molecule has 0 bridgehead atoms. The monoisotopic (exact) mass is 272 g/mol. The van der Waals surface area contributed by atoms with Crippen molar-refractivity contribution in [3.63, 3.8) is 0 Å². The van der Waals surface area contributed by atoms with E-state index in [0.29, 0.717) is 12.4 Å². The summed E-state index contributed by atoms with van der Waals surface area (Å²) in [5.41, 5.74) is 8.60. The number of carbonyl (C=O) groups is 1. The van der Waals surface area contributed by atoms with Gasteiger partial charge in [-0.1, -0.05) is 35.4 Å². The van der Waals surface area contributed by atoms with Gasteiger partial charge in [0.05, 0.1) is 6.61 Å². The number of aryl methyl sites for hydroxylation is 1. The lowest BCUT2D eigenvalue weighted by atomic mass is 10.1. The Morgan fingerprint density at radius 3 is 2.70 bits per heavy atom. The van der Waals surface area contributed by atoms with Crippen LogP contribution in [0.25, 0.3) is 11.3 Å². The molecule has 0 fully saturated rings. The van der Waals surface area contributed by atoms with Crippen molar-refractivity contribution in [1.29, 1.82) is 0 Å². The maximum absolute atomic E-state index is 11.6. The SMILES string of the molecule is CCOC(=O)C[n+]1nc(-c2ccccc2)cc(C)c1N. The second-order valence-corrected chi connectivity index (χ2v) is 4.43. The molecule has 0 saturated carbocycles. The number of nitrogens with two attached hydrogens (primary N) is 1. The number of hydrogen-bond donors (Lipinski definition) is 1. The normalized spacial score (nSPS) is 10.3. The summed E-state index contributed by atoms with van der Waals surface area (Å²) in [7, 11) is 0. The number of aromatic nitrogens is 2. The first kappa shape index (κ1) is 14.0. The minimum atomic E-state index is -0.346. The molecule has 2 rings (SSSR count). The Balaban J connectivity index is 2.37. The first-order valence-electron chi connectivity index (χ1n) is 6.50. The molecular weight excluding hydrogens is 254 g/mol. The molecule has 0 amide bonds. The summed E-state index contributed by atoms with van der Waals surface area (Å²) < 4.78 is 6.41. The molecule has 0 aliphatic rings. The Kier molecular flexibility index (Phi) is 4.30. The molecule has 2 aromatic rings. The lowest BCUT2D eigenvalue weighted by Crippen LogP contribution is -2.45. The number of nitrogen functional groups attached to an aromatic ring is 1. The van der Waals surface area contributed by atoms with E-state index in [0.717, 1.165) is 16.8 Å². The minimum absolute atomic E-state index is 0.0151. The molecule has 0 unspecified atom stereocenters. The molecule has 5 nitrogen and oxygen atoms in total. The fourth-order valence-corrected chi connectivity index (χ4v) is 1.89. The van der Waals surface area contributed by atoms with Crippen LogP contribution in [-0.4, -0.2) is 17.7 Å². The lowest BCUT2D eigenvalue weighted by molar-refractivity contribution is -0.729. The van der Waals surface area contributed by atoms with Gasteiger partial charge in [-0.3, -0.25) is 5.73 Å². The number of carbonyl (C=O) groups excluding carboxylic acids is 1. The second-order valence-electron chi connectivity index (χ2n) is 4.43. The van der Waals surface area contributed by atoms with Gasteiger partial charge in [-0.05, 0) is 19.9 Å². The molecule has 1 heterocycles. The van der Waals surface area contributed by atoms with Crippen LogP contribution in [0.4, 0.5) is 5.82 Å².